The molecule has 4 rings (SSSR count). The number of para-hydroxylation sites is 1. The van der Waals surface area contributed by atoms with E-state index < -0.39 is 28.9 Å². The molecule has 1 spiro atoms. The van der Waals surface area contributed by atoms with Crippen LogP contribution in [0.25, 0.3) is 5.76 Å². The van der Waals surface area contributed by atoms with Crippen molar-refractivity contribution in [1.82, 2.24) is 4.90 Å². The van der Waals surface area contributed by atoms with Crippen molar-refractivity contribution in [3.63, 3.8) is 0 Å². The van der Waals surface area contributed by atoms with Crippen LogP contribution in [0.3, 0.4) is 0 Å². The number of carbonyl (C=O) groups is 3. The number of nitrogens with zero attached hydrogens (tertiary/aromatic N) is 2. The van der Waals surface area contributed by atoms with Crippen molar-refractivity contribution in [1.29, 1.82) is 0 Å². The number of carbonyl (C=O) groups excluding carboxylic acids is 3. The summed E-state index contributed by atoms with van der Waals surface area (Å²) in [5, 5.41) is 11.4. The highest BCUT2D eigenvalue weighted by atomic mass is 16.5. The molecule has 2 amide bonds. The van der Waals surface area contributed by atoms with E-state index >= 15 is 0 Å². The lowest BCUT2D eigenvalue weighted by Gasteiger charge is -2.34. The summed E-state index contributed by atoms with van der Waals surface area (Å²) < 4.78 is 10.5. The summed E-state index contributed by atoms with van der Waals surface area (Å²) in [6.07, 6.45) is 0. The van der Waals surface area contributed by atoms with E-state index in [1.807, 2.05) is 6.92 Å². The highest BCUT2D eigenvalue weighted by Crippen LogP contribution is 2.53. The summed E-state index contributed by atoms with van der Waals surface area (Å²) in [5.74, 6) is -1.99. The van der Waals surface area contributed by atoms with Crippen LogP contribution in [0, 0.1) is 6.92 Å². The van der Waals surface area contributed by atoms with Crippen LogP contribution in [-0.2, 0) is 24.7 Å². The fraction of sp³-hybridized carbons (Fsp3) is 0.320. The number of rotatable bonds is 6. The molecule has 8 nitrogen and oxygen atoms in total. The average molecular weight is 450 g/mol. The fourth-order valence-electron chi connectivity index (χ4n) is 4.83. The summed E-state index contributed by atoms with van der Waals surface area (Å²) >= 11 is 0. The Bertz CT molecular complexity index is 1190. The Hall–Kier alpha value is -3.65. The van der Waals surface area contributed by atoms with E-state index in [1.54, 1.807) is 49.4 Å². The number of amides is 2. The number of ketones is 1. The Labute approximate surface area is 192 Å². The summed E-state index contributed by atoms with van der Waals surface area (Å²) in [7, 11) is 3.02. The van der Waals surface area contributed by atoms with Crippen molar-refractivity contribution in [2.24, 2.45) is 0 Å². The summed E-state index contributed by atoms with van der Waals surface area (Å²) in [6, 6.07) is 12.0. The number of likely N-dealkylation sites (N-methyl/N-ethyl adjacent to an activating group) is 1. The van der Waals surface area contributed by atoms with Gasteiger partial charge in [-0.25, -0.2) is 0 Å². The lowest BCUT2D eigenvalue weighted by atomic mass is 9.82. The van der Waals surface area contributed by atoms with E-state index in [0.717, 1.165) is 5.56 Å². The smallest absolute Gasteiger partial charge is 0.296 e. The van der Waals surface area contributed by atoms with Crippen molar-refractivity contribution in [2.45, 2.75) is 19.4 Å². The topological polar surface area (TPSA) is 96.4 Å². The van der Waals surface area contributed by atoms with Crippen molar-refractivity contribution in [3.05, 3.63) is 64.7 Å². The van der Waals surface area contributed by atoms with E-state index in [1.165, 1.54) is 24.0 Å². The van der Waals surface area contributed by atoms with Gasteiger partial charge in [0.15, 0.2) is 5.54 Å². The molecule has 0 aromatic heterocycles. The van der Waals surface area contributed by atoms with Crippen molar-refractivity contribution in [2.75, 3.05) is 38.8 Å². The quantitative estimate of drug-likeness (QED) is 0.413. The average Bonchev–Trinajstić information content (AvgIpc) is 3.20. The summed E-state index contributed by atoms with van der Waals surface area (Å²) in [4.78, 5) is 43.3. The van der Waals surface area contributed by atoms with Gasteiger partial charge in [-0.3, -0.25) is 14.4 Å². The first-order chi connectivity index (χ1) is 15.8. The van der Waals surface area contributed by atoms with Crippen LogP contribution in [-0.4, -0.2) is 61.5 Å². The third kappa shape index (κ3) is 3.05. The molecular weight excluding hydrogens is 424 g/mol. The molecule has 172 valence electrons. The standard InChI is InChI=1S/C25H26N2O6/c1-5-26-18-9-7-6-8-17(18)25(24(26)31)20(22(29)23(30)27(25)12-13-32-3)21(28)16-10-11-19(33-4)15(2)14-16/h6-11,14,28H,5,12-13H2,1-4H3/b21-20+. The van der Waals surface area contributed by atoms with Crippen LogP contribution < -0.4 is 9.64 Å². The van der Waals surface area contributed by atoms with Gasteiger partial charge in [-0.15, -0.1) is 0 Å². The number of methoxy groups -OCH3 is 2. The monoisotopic (exact) mass is 450 g/mol. The minimum Gasteiger partial charge on any atom is -0.507 e. The third-order valence-corrected chi connectivity index (χ3v) is 6.31. The lowest BCUT2D eigenvalue weighted by molar-refractivity contribution is -0.144. The van der Waals surface area contributed by atoms with Crippen molar-refractivity contribution < 1.29 is 29.0 Å². The molecule has 0 radical (unpaired) electrons. The molecule has 1 atom stereocenters. The molecule has 0 saturated carbocycles. The zero-order valence-corrected chi connectivity index (χ0v) is 19.0. The zero-order chi connectivity index (χ0) is 23.9. The maximum Gasteiger partial charge on any atom is 0.296 e. The van der Waals surface area contributed by atoms with Crippen LogP contribution >= 0.6 is 0 Å². The highest BCUT2D eigenvalue weighted by molar-refractivity contribution is 6.50. The molecule has 0 bridgehead atoms. The van der Waals surface area contributed by atoms with Crippen molar-refractivity contribution in [3.8, 4) is 5.75 Å². The van der Waals surface area contributed by atoms with Gasteiger partial charge in [-0.05, 0) is 43.7 Å². The zero-order valence-electron chi connectivity index (χ0n) is 19.0. The van der Waals surface area contributed by atoms with Gasteiger partial charge in [-0.1, -0.05) is 18.2 Å². The first kappa shape index (κ1) is 22.5. The van der Waals surface area contributed by atoms with Gasteiger partial charge in [0.25, 0.3) is 17.6 Å². The Kier molecular flexibility index (Phi) is 5.71. The van der Waals surface area contributed by atoms with E-state index in [9.17, 15) is 19.5 Å². The SMILES string of the molecule is CCN1C(=O)C2(/C(=C(/O)c3ccc(OC)c(C)c3)C(=O)C(=O)N2CCOC)c2ccccc21. The van der Waals surface area contributed by atoms with E-state index in [2.05, 4.69) is 0 Å². The van der Waals surface area contributed by atoms with Crippen LogP contribution in [0.5, 0.6) is 5.75 Å². The van der Waals surface area contributed by atoms with E-state index in [-0.39, 0.29) is 18.7 Å². The number of aliphatic hydroxyl groups is 1. The Morgan fingerprint density at radius 3 is 2.45 bits per heavy atom. The molecular formula is C25H26N2O6. The molecule has 2 aliphatic heterocycles. The van der Waals surface area contributed by atoms with E-state index in [4.69, 9.17) is 9.47 Å². The minimum absolute atomic E-state index is 0.0110. The number of fused-ring (bicyclic) bond motifs is 2. The first-order valence-corrected chi connectivity index (χ1v) is 10.7. The minimum atomic E-state index is -1.77. The predicted molar refractivity (Wildman–Crippen MR) is 122 cm³/mol. The molecule has 1 N–H and O–H groups in total. The first-order valence-electron chi connectivity index (χ1n) is 10.7. The second-order valence-corrected chi connectivity index (χ2v) is 7.96. The number of anilines is 1. The third-order valence-electron chi connectivity index (χ3n) is 6.31. The number of hydrogen-bond acceptors (Lipinski definition) is 6. The predicted octanol–water partition coefficient (Wildman–Crippen LogP) is 2.59. The number of Topliss-reactive ketones (excluding diaryl/α,β-unsaturated/α-hetero) is 1. The van der Waals surface area contributed by atoms with Crippen LogP contribution in [0.4, 0.5) is 5.69 Å². The molecule has 2 heterocycles. The number of benzene rings is 2. The Morgan fingerprint density at radius 2 is 1.82 bits per heavy atom. The molecule has 33 heavy (non-hydrogen) atoms. The lowest BCUT2D eigenvalue weighted by Crippen LogP contribution is -2.52. The molecule has 2 aromatic rings. The molecule has 8 heteroatoms. The number of ether oxygens (including phenoxy) is 2. The number of aliphatic hydroxyl groups excluding tert-OH is 1. The molecule has 1 unspecified atom stereocenters. The van der Waals surface area contributed by atoms with Gasteiger partial charge in [0, 0.05) is 31.3 Å². The van der Waals surface area contributed by atoms with Crippen LogP contribution in [0.1, 0.15) is 23.6 Å². The van der Waals surface area contributed by atoms with Gasteiger partial charge >= 0.3 is 0 Å². The molecule has 2 aromatic carbocycles. The van der Waals surface area contributed by atoms with Crippen LogP contribution in [0.2, 0.25) is 0 Å². The van der Waals surface area contributed by atoms with Gasteiger partial charge in [-0.2, -0.15) is 0 Å². The fourth-order valence-corrected chi connectivity index (χ4v) is 4.83. The van der Waals surface area contributed by atoms with Gasteiger partial charge in [0.2, 0.25) is 0 Å². The Balaban J connectivity index is 2.05. The molecule has 1 fully saturated rings. The largest absolute Gasteiger partial charge is 0.507 e. The highest BCUT2D eigenvalue weighted by Gasteiger charge is 2.66. The van der Waals surface area contributed by atoms with Gasteiger partial charge < -0.3 is 24.4 Å². The maximum atomic E-state index is 14.0. The molecule has 2 aliphatic rings. The molecule has 0 aliphatic carbocycles. The summed E-state index contributed by atoms with van der Waals surface area (Å²) in [5.41, 5.74) is 0.138. The number of aryl methyl sites for hydroxylation is 1. The second kappa shape index (κ2) is 8.37. The van der Waals surface area contributed by atoms with Gasteiger partial charge in [0.05, 0.1) is 25.0 Å². The van der Waals surface area contributed by atoms with Crippen LogP contribution in [0.15, 0.2) is 48.0 Å². The maximum absolute atomic E-state index is 14.0. The number of likely N-dealkylation sites (tertiary alicyclic amines) is 1. The van der Waals surface area contributed by atoms with Gasteiger partial charge in [0.1, 0.15) is 11.5 Å². The number of hydrogen-bond donors (Lipinski definition) is 1. The normalized spacial score (nSPS) is 21.3. The second-order valence-electron chi connectivity index (χ2n) is 7.96. The van der Waals surface area contributed by atoms with E-state index in [0.29, 0.717) is 29.1 Å². The Morgan fingerprint density at radius 1 is 1.09 bits per heavy atom. The summed E-state index contributed by atoms with van der Waals surface area (Å²) in [6.45, 7) is 4.10. The molecule has 1 saturated heterocycles. The van der Waals surface area contributed by atoms with Crippen molar-refractivity contribution >= 4 is 29.0 Å².